The van der Waals surface area contributed by atoms with Crippen molar-refractivity contribution < 1.29 is 0 Å². The fourth-order valence-electron chi connectivity index (χ4n) is 1.37. The molecule has 0 aliphatic carbocycles. The van der Waals surface area contributed by atoms with Gasteiger partial charge in [0, 0.05) is 23.4 Å². The first-order valence-electron chi connectivity index (χ1n) is 5.19. The van der Waals surface area contributed by atoms with Crippen LogP contribution in [0.4, 0.5) is 0 Å². The van der Waals surface area contributed by atoms with Crippen molar-refractivity contribution in [2.75, 3.05) is 6.54 Å². The van der Waals surface area contributed by atoms with Gasteiger partial charge in [-0.25, -0.2) is 4.98 Å². The zero-order chi connectivity index (χ0) is 12.1. The van der Waals surface area contributed by atoms with Gasteiger partial charge in [0.25, 0.3) is 0 Å². The molecule has 2 aromatic rings. The lowest BCUT2D eigenvalue weighted by atomic mass is 10.3. The summed E-state index contributed by atoms with van der Waals surface area (Å²) in [5.74, 6) is 0. The Kier molecular flexibility index (Phi) is 4.53. The normalized spacial score (nSPS) is 12.4. The number of nitrogens with two attached hydrogens (primary N) is 1. The van der Waals surface area contributed by atoms with Crippen LogP contribution in [0, 0.1) is 0 Å². The van der Waals surface area contributed by atoms with E-state index < -0.39 is 0 Å². The molecule has 0 radical (unpaired) electrons. The summed E-state index contributed by atoms with van der Waals surface area (Å²) in [5, 5.41) is 1.10. The lowest BCUT2D eigenvalue weighted by Crippen LogP contribution is -2.10. The predicted molar refractivity (Wildman–Crippen MR) is 73.8 cm³/mol. The molecular weight excluding hydrogens is 298 g/mol. The number of nitrogens with zero attached hydrogens (tertiary/aromatic N) is 2. The Labute approximate surface area is 113 Å². The predicted octanol–water partition coefficient (Wildman–Crippen LogP) is 3.03. The summed E-state index contributed by atoms with van der Waals surface area (Å²) in [6.45, 7) is 0.541. The monoisotopic (exact) mass is 309 g/mol. The van der Waals surface area contributed by atoms with Crippen LogP contribution in [0.5, 0.6) is 0 Å². The molecule has 0 aliphatic heterocycles. The number of pyridine rings is 2. The smallest absolute Gasteiger partial charge is 0.0967 e. The number of halogens is 1. The molecule has 0 amide bonds. The van der Waals surface area contributed by atoms with Crippen molar-refractivity contribution in [1.29, 1.82) is 0 Å². The Hall–Kier alpha value is -0.910. The minimum atomic E-state index is 0.143. The average Bonchev–Trinajstić information content (AvgIpc) is 2.39. The van der Waals surface area contributed by atoms with Crippen LogP contribution in [0.1, 0.15) is 10.9 Å². The van der Waals surface area contributed by atoms with E-state index in [1.165, 1.54) is 0 Å². The highest BCUT2D eigenvalue weighted by Gasteiger charge is 2.12. The molecule has 0 saturated heterocycles. The van der Waals surface area contributed by atoms with Gasteiger partial charge < -0.3 is 5.73 Å². The molecular formula is C12H12BrN3S. The van der Waals surface area contributed by atoms with Gasteiger partial charge in [-0.05, 0) is 40.2 Å². The van der Waals surface area contributed by atoms with Crippen LogP contribution in [-0.2, 0) is 0 Å². The second-order valence-corrected chi connectivity index (χ2v) is 5.55. The van der Waals surface area contributed by atoms with Gasteiger partial charge >= 0.3 is 0 Å². The Balaban J connectivity index is 2.13. The average molecular weight is 310 g/mol. The first-order valence-corrected chi connectivity index (χ1v) is 6.86. The summed E-state index contributed by atoms with van der Waals surface area (Å²) in [7, 11) is 0. The van der Waals surface area contributed by atoms with E-state index in [0.29, 0.717) is 6.54 Å². The third-order valence-corrected chi connectivity index (χ3v) is 3.87. The maximum absolute atomic E-state index is 5.78. The van der Waals surface area contributed by atoms with E-state index >= 15 is 0 Å². The van der Waals surface area contributed by atoms with Crippen molar-refractivity contribution in [2.24, 2.45) is 5.73 Å². The standard InChI is InChI=1S/C12H12BrN3S/c13-9-4-5-12(16-8-9)17-11(7-14)10-3-1-2-6-15-10/h1-6,8,11H,7,14H2. The zero-order valence-electron chi connectivity index (χ0n) is 9.08. The first kappa shape index (κ1) is 12.5. The molecule has 2 heterocycles. The summed E-state index contributed by atoms with van der Waals surface area (Å²) in [5.41, 5.74) is 6.78. The summed E-state index contributed by atoms with van der Waals surface area (Å²) >= 11 is 5.00. The highest BCUT2D eigenvalue weighted by Crippen LogP contribution is 2.32. The Morgan fingerprint density at radius 2 is 2.12 bits per heavy atom. The number of thioether (sulfide) groups is 1. The minimum absolute atomic E-state index is 0.143. The minimum Gasteiger partial charge on any atom is -0.329 e. The van der Waals surface area contributed by atoms with Crippen LogP contribution in [-0.4, -0.2) is 16.5 Å². The summed E-state index contributed by atoms with van der Waals surface area (Å²) in [6.07, 6.45) is 3.57. The quantitative estimate of drug-likeness (QED) is 0.882. The van der Waals surface area contributed by atoms with Crippen molar-refractivity contribution >= 4 is 27.7 Å². The third kappa shape index (κ3) is 3.52. The van der Waals surface area contributed by atoms with E-state index in [-0.39, 0.29) is 5.25 Å². The molecule has 5 heteroatoms. The maximum Gasteiger partial charge on any atom is 0.0967 e. The van der Waals surface area contributed by atoms with E-state index in [0.717, 1.165) is 15.2 Å². The molecule has 2 N–H and O–H groups in total. The van der Waals surface area contributed by atoms with Gasteiger partial charge in [-0.2, -0.15) is 0 Å². The fraction of sp³-hybridized carbons (Fsp3) is 0.167. The molecule has 2 rings (SSSR count). The van der Waals surface area contributed by atoms with Gasteiger partial charge in [0.15, 0.2) is 0 Å². The summed E-state index contributed by atoms with van der Waals surface area (Å²) in [6, 6.07) is 9.81. The highest BCUT2D eigenvalue weighted by molar-refractivity contribution is 9.10. The van der Waals surface area contributed by atoms with Gasteiger partial charge in [0.2, 0.25) is 0 Å². The summed E-state index contributed by atoms with van der Waals surface area (Å²) in [4.78, 5) is 8.65. The van der Waals surface area contributed by atoms with Crippen LogP contribution in [0.3, 0.4) is 0 Å². The van der Waals surface area contributed by atoms with E-state index in [1.807, 2.05) is 30.3 Å². The lowest BCUT2D eigenvalue weighted by Gasteiger charge is -2.12. The second-order valence-electron chi connectivity index (χ2n) is 3.41. The second kappa shape index (κ2) is 6.14. The van der Waals surface area contributed by atoms with Crippen molar-refractivity contribution in [3.8, 4) is 0 Å². The molecule has 0 saturated carbocycles. The molecule has 1 unspecified atom stereocenters. The Morgan fingerprint density at radius 3 is 2.71 bits per heavy atom. The van der Waals surface area contributed by atoms with Gasteiger partial charge in [0.05, 0.1) is 16.0 Å². The van der Waals surface area contributed by atoms with Crippen molar-refractivity contribution in [1.82, 2.24) is 9.97 Å². The van der Waals surface area contributed by atoms with Crippen molar-refractivity contribution in [2.45, 2.75) is 10.3 Å². The van der Waals surface area contributed by atoms with E-state index in [9.17, 15) is 0 Å². The number of aromatic nitrogens is 2. The highest BCUT2D eigenvalue weighted by atomic mass is 79.9. The van der Waals surface area contributed by atoms with Gasteiger partial charge in [-0.3, -0.25) is 4.98 Å². The van der Waals surface area contributed by atoms with Crippen LogP contribution in [0.25, 0.3) is 0 Å². The Bertz CT molecular complexity index is 461. The molecule has 2 aromatic heterocycles. The largest absolute Gasteiger partial charge is 0.329 e. The van der Waals surface area contributed by atoms with E-state index in [2.05, 4.69) is 25.9 Å². The third-order valence-electron chi connectivity index (χ3n) is 2.19. The number of hydrogen-bond donors (Lipinski definition) is 1. The van der Waals surface area contributed by atoms with Crippen molar-refractivity contribution in [3.63, 3.8) is 0 Å². The van der Waals surface area contributed by atoms with Gasteiger partial charge in [-0.1, -0.05) is 17.8 Å². The first-order chi connectivity index (χ1) is 8.29. The van der Waals surface area contributed by atoms with Crippen LogP contribution in [0.2, 0.25) is 0 Å². The summed E-state index contributed by atoms with van der Waals surface area (Å²) < 4.78 is 0.976. The molecule has 0 fully saturated rings. The number of hydrogen-bond acceptors (Lipinski definition) is 4. The maximum atomic E-state index is 5.78. The molecule has 3 nitrogen and oxygen atoms in total. The number of rotatable bonds is 4. The molecule has 0 bridgehead atoms. The molecule has 1 atom stereocenters. The molecule has 17 heavy (non-hydrogen) atoms. The lowest BCUT2D eigenvalue weighted by molar-refractivity contribution is 0.894. The van der Waals surface area contributed by atoms with Crippen molar-refractivity contribution in [3.05, 3.63) is 52.9 Å². The van der Waals surface area contributed by atoms with Crippen LogP contribution >= 0.6 is 27.7 Å². The molecule has 0 aliphatic rings. The molecule has 88 valence electrons. The van der Waals surface area contributed by atoms with Crippen LogP contribution in [0.15, 0.2) is 52.2 Å². The van der Waals surface area contributed by atoms with E-state index in [1.54, 1.807) is 24.2 Å². The van der Waals surface area contributed by atoms with E-state index in [4.69, 9.17) is 5.73 Å². The van der Waals surface area contributed by atoms with Crippen LogP contribution < -0.4 is 5.73 Å². The SMILES string of the molecule is NCC(Sc1ccc(Br)cn1)c1ccccn1. The van der Waals surface area contributed by atoms with Gasteiger partial charge in [-0.15, -0.1) is 0 Å². The van der Waals surface area contributed by atoms with Gasteiger partial charge in [0.1, 0.15) is 0 Å². The topological polar surface area (TPSA) is 51.8 Å². The molecule has 0 aromatic carbocycles. The molecule has 0 spiro atoms. The fourth-order valence-corrected chi connectivity index (χ4v) is 2.52. The Morgan fingerprint density at radius 1 is 1.24 bits per heavy atom. The zero-order valence-corrected chi connectivity index (χ0v) is 11.5.